The number of carbonyl (C=O) groups is 1. The summed E-state index contributed by atoms with van der Waals surface area (Å²) in [4.78, 5) is 16.8. The SMILES string of the molecule is O=C(NCc1cccc(Cn2ccnc2)c1)c1cccc(S(=O)(=O)N2CCOCC2)c1. The number of rotatable bonds is 7. The molecular formula is C22H24N4O4S. The summed E-state index contributed by atoms with van der Waals surface area (Å²) in [5.41, 5.74) is 2.37. The van der Waals surface area contributed by atoms with Gasteiger partial charge in [0.2, 0.25) is 10.0 Å². The first kappa shape index (κ1) is 21.2. The summed E-state index contributed by atoms with van der Waals surface area (Å²) < 4.78 is 34.3. The number of sulfonamides is 1. The van der Waals surface area contributed by atoms with Gasteiger partial charge in [0, 0.05) is 44.1 Å². The van der Waals surface area contributed by atoms with Crippen LogP contribution in [-0.4, -0.2) is 54.5 Å². The van der Waals surface area contributed by atoms with Crippen LogP contribution in [0.3, 0.4) is 0 Å². The normalized spacial score (nSPS) is 15.0. The summed E-state index contributed by atoms with van der Waals surface area (Å²) in [6.07, 6.45) is 5.39. The van der Waals surface area contributed by atoms with E-state index in [9.17, 15) is 13.2 Å². The van der Waals surface area contributed by atoms with Gasteiger partial charge in [-0.1, -0.05) is 30.3 Å². The Bertz CT molecular complexity index is 1140. The Morgan fingerprint density at radius 3 is 2.61 bits per heavy atom. The summed E-state index contributed by atoms with van der Waals surface area (Å²) in [5, 5.41) is 2.87. The number of aromatic nitrogens is 2. The van der Waals surface area contributed by atoms with Gasteiger partial charge in [0.25, 0.3) is 5.91 Å². The molecule has 0 atom stereocenters. The molecule has 1 aliphatic heterocycles. The maximum absolute atomic E-state index is 12.8. The molecule has 0 aliphatic carbocycles. The number of carbonyl (C=O) groups excluding carboxylic acids is 1. The van der Waals surface area contributed by atoms with Crippen LogP contribution >= 0.6 is 0 Å². The molecule has 1 fully saturated rings. The fourth-order valence-corrected chi connectivity index (χ4v) is 4.90. The summed E-state index contributed by atoms with van der Waals surface area (Å²) in [5.74, 6) is -0.320. The molecule has 1 aliphatic rings. The van der Waals surface area contributed by atoms with Gasteiger partial charge in [0.05, 0.1) is 24.4 Å². The second-order valence-electron chi connectivity index (χ2n) is 7.28. The molecule has 0 radical (unpaired) electrons. The highest BCUT2D eigenvalue weighted by Gasteiger charge is 2.26. The van der Waals surface area contributed by atoms with Crippen LogP contribution in [0.1, 0.15) is 21.5 Å². The highest BCUT2D eigenvalue weighted by atomic mass is 32.2. The number of morpholine rings is 1. The molecule has 0 spiro atoms. The van der Waals surface area contributed by atoms with Crippen molar-refractivity contribution in [2.75, 3.05) is 26.3 Å². The topological polar surface area (TPSA) is 93.5 Å². The highest BCUT2D eigenvalue weighted by molar-refractivity contribution is 7.89. The van der Waals surface area contributed by atoms with E-state index in [2.05, 4.69) is 10.3 Å². The zero-order valence-corrected chi connectivity index (χ0v) is 17.8. The molecule has 1 saturated heterocycles. The van der Waals surface area contributed by atoms with Crippen molar-refractivity contribution in [2.24, 2.45) is 0 Å². The zero-order chi connectivity index (χ0) is 21.7. The molecule has 0 bridgehead atoms. The van der Waals surface area contributed by atoms with Crippen molar-refractivity contribution in [3.05, 3.63) is 83.9 Å². The Balaban J connectivity index is 1.42. The summed E-state index contributed by atoms with van der Waals surface area (Å²) in [6.45, 7) is 2.42. The first-order valence-electron chi connectivity index (χ1n) is 10.0. The number of hydrogen-bond acceptors (Lipinski definition) is 5. The van der Waals surface area contributed by atoms with Crippen LogP contribution < -0.4 is 5.32 Å². The molecule has 1 amide bonds. The van der Waals surface area contributed by atoms with Gasteiger partial charge in [0.15, 0.2) is 0 Å². The van der Waals surface area contributed by atoms with E-state index < -0.39 is 10.0 Å². The van der Waals surface area contributed by atoms with Crippen LogP contribution in [0.25, 0.3) is 0 Å². The fourth-order valence-electron chi connectivity index (χ4n) is 3.45. The summed E-state index contributed by atoms with van der Waals surface area (Å²) in [6, 6.07) is 14.1. The molecule has 31 heavy (non-hydrogen) atoms. The molecule has 3 aromatic rings. The van der Waals surface area contributed by atoms with E-state index in [0.29, 0.717) is 45.0 Å². The molecule has 1 aromatic heterocycles. The average Bonchev–Trinajstić information content (AvgIpc) is 3.31. The van der Waals surface area contributed by atoms with Gasteiger partial charge in [-0.05, 0) is 29.3 Å². The van der Waals surface area contributed by atoms with Gasteiger partial charge in [-0.2, -0.15) is 4.31 Å². The number of ether oxygens (including phenoxy) is 1. The highest BCUT2D eigenvalue weighted by Crippen LogP contribution is 2.18. The molecule has 4 rings (SSSR count). The van der Waals surface area contributed by atoms with Crippen LogP contribution in [-0.2, 0) is 27.8 Å². The largest absolute Gasteiger partial charge is 0.379 e. The van der Waals surface area contributed by atoms with Gasteiger partial charge < -0.3 is 14.6 Å². The van der Waals surface area contributed by atoms with Crippen molar-refractivity contribution in [2.45, 2.75) is 18.0 Å². The van der Waals surface area contributed by atoms with Crippen LogP contribution in [0.15, 0.2) is 72.1 Å². The average molecular weight is 441 g/mol. The van der Waals surface area contributed by atoms with Crippen molar-refractivity contribution < 1.29 is 17.9 Å². The number of amides is 1. The summed E-state index contributed by atoms with van der Waals surface area (Å²) in [7, 11) is -3.65. The van der Waals surface area contributed by atoms with Crippen molar-refractivity contribution in [1.82, 2.24) is 19.2 Å². The second kappa shape index (κ2) is 9.42. The van der Waals surface area contributed by atoms with Crippen molar-refractivity contribution in [3.63, 3.8) is 0 Å². The Morgan fingerprint density at radius 2 is 1.84 bits per heavy atom. The minimum absolute atomic E-state index is 0.115. The zero-order valence-electron chi connectivity index (χ0n) is 17.0. The van der Waals surface area contributed by atoms with Gasteiger partial charge in [-0.15, -0.1) is 0 Å². The maximum Gasteiger partial charge on any atom is 0.251 e. The molecule has 8 nitrogen and oxygen atoms in total. The molecule has 2 aromatic carbocycles. The van der Waals surface area contributed by atoms with Gasteiger partial charge in [-0.25, -0.2) is 13.4 Å². The fraction of sp³-hybridized carbons (Fsp3) is 0.273. The molecule has 1 N–H and O–H groups in total. The molecule has 0 saturated carbocycles. The smallest absolute Gasteiger partial charge is 0.251 e. The van der Waals surface area contributed by atoms with Crippen LogP contribution in [0.4, 0.5) is 0 Å². The van der Waals surface area contributed by atoms with Crippen LogP contribution in [0, 0.1) is 0 Å². The Labute approximate surface area is 181 Å². The number of nitrogens with one attached hydrogen (secondary N) is 1. The van der Waals surface area contributed by atoms with Crippen LogP contribution in [0.5, 0.6) is 0 Å². The van der Waals surface area contributed by atoms with Gasteiger partial charge in [0.1, 0.15) is 0 Å². The summed E-state index contributed by atoms with van der Waals surface area (Å²) >= 11 is 0. The predicted molar refractivity (Wildman–Crippen MR) is 115 cm³/mol. The van der Waals surface area contributed by atoms with E-state index in [-0.39, 0.29) is 10.8 Å². The van der Waals surface area contributed by atoms with E-state index in [1.807, 2.05) is 35.0 Å². The molecular weight excluding hydrogens is 416 g/mol. The van der Waals surface area contributed by atoms with E-state index in [0.717, 1.165) is 11.1 Å². The lowest BCUT2D eigenvalue weighted by molar-refractivity contribution is 0.0730. The number of nitrogens with zero attached hydrogens (tertiary/aromatic N) is 3. The lowest BCUT2D eigenvalue weighted by atomic mass is 10.1. The monoisotopic (exact) mass is 440 g/mol. The van der Waals surface area contributed by atoms with Crippen molar-refractivity contribution in [3.8, 4) is 0 Å². The molecule has 9 heteroatoms. The molecule has 2 heterocycles. The van der Waals surface area contributed by atoms with E-state index in [1.54, 1.807) is 24.7 Å². The van der Waals surface area contributed by atoms with Gasteiger partial charge >= 0.3 is 0 Å². The minimum Gasteiger partial charge on any atom is -0.379 e. The second-order valence-corrected chi connectivity index (χ2v) is 9.22. The maximum atomic E-state index is 12.8. The third-order valence-electron chi connectivity index (χ3n) is 5.07. The quantitative estimate of drug-likeness (QED) is 0.606. The minimum atomic E-state index is -3.65. The van der Waals surface area contributed by atoms with Gasteiger partial charge in [-0.3, -0.25) is 4.79 Å². The van der Waals surface area contributed by atoms with E-state index in [4.69, 9.17) is 4.74 Å². The van der Waals surface area contributed by atoms with Crippen molar-refractivity contribution >= 4 is 15.9 Å². The standard InChI is InChI=1S/C22H24N4O4S/c27-22(24-15-18-3-1-4-19(13-18)16-25-8-7-23-17-25)20-5-2-6-21(14-20)31(28,29)26-9-11-30-12-10-26/h1-8,13-14,17H,9-12,15-16H2,(H,24,27). The lowest BCUT2D eigenvalue weighted by Crippen LogP contribution is -2.40. The molecule has 162 valence electrons. The Hall–Kier alpha value is -3.01. The Kier molecular flexibility index (Phi) is 6.45. The predicted octanol–water partition coefficient (Wildman–Crippen LogP) is 1.88. The lowest BCUT2D eigenvalue weighted by Gasteiger charge is -2.26. The van der Waals surface area contributed by atoms with E-state index >= 15 is 0 Å². The third-order valence-corrected chi connectivity index (χ3v) is 6.97. The number of hydrogen-bond donors (Lipinski definition) is 1. The number of benzene rings is 2. The van der Waals surface area contributed by atoms with Crippen LogP contribution in [0.2, 0.25) is 0 Å². The molecule has 0 unspecified atom stereocenters. The van der Waals surface area contributed by atoms with E-state index in [1.165, 1.54) is 16.4 Å². The number of imidazole rings is 1. The van der Waals surface area contributed by atoms with Crippen molar-refractivity contribution in [1.29, 1.82) is 0 Å². The third kappa shape index (κ3) is 5.19. The first-order chi connectivity index (χ1) is 15.0. The first-order valence-corrected chi connectivity index (χ1v) is 11.5. The Morgan fingerprint density at radius 1 is 1.06 bits per heavy atom.